The van der Waals surface area contributed by atoms with Gasteiger partial charge in [0.05, 0.1) is 17.3 Å². The Labute approximate surface area is 143 Å². The first kappa shape index (κ1) is 16.7. The predicted molar refractivity (Wildman–Crippen MR) is 89.8 cm³/mol. The van der Waals surface area contributed by atoms with Gasteiger partial charge >= 0.3 is 0 Å². The molecule has 0 aliphatic heterocycles. The summed E-state index contributed by atoms with van der Waals surface area (Å²) in [7, 11) is 0. The summed E-state index contributed by atoms with van der Waals surface area (Å²) in [6.07, 6.45) is 4.31. The number of ether oxygens (including phenoxy) is 1. The molecule has 2 aromatic rings. The van der Waals surface area contributed by atoms with E-state index in [4.69, 9.17) is 22.1 Å². The third-order valence-electron chi connectivity index (χ3n) is 3.93. The normalized spacial score (nSPS) is 20.6. The number of benzene rings is 1. The van der Waals surface area contributed by atoms with Crippen molar-refractivity contribution < 1.29 is 14.2 Å². The molecule has 0 saturated heterocycles. The summed E-state index contributed by atoms with van der Waals surface area (Å²) < 4.78 is 18.9. The molecule has 0 bridgehead atoms. The summed E-state index contributed by atoms with van der Waals surface area (Å²) in [5.41, 5.74) is 5.66. The summed E-state index contributed by atoms with van der Waals surface area (Å²) in [5.74, 6) is 0.771. The van der Waals surface area contributed by atoms with Crippen LogP contribution in [0.15, 0.2) is 24.4 Å². The Morgan fingerprint density at radius 3 is 2.71 bits per heavy atom. The second kappa shape index (κ2) is 7.19. The largest absolute Gasteiger partial charge is 0.450 e. The summed E-state index contributed by atoms with van der Waals surface area (Å²) >= 11 is 5.99. The van der Waals surface area contributed by atoms with E-state index in [9.17, 15) is 9.50 Å². The number of hydrogen-bond acceptors (Lipinski definition) is 6. The Hall–Kier alpha value is -2.12. The van der Waals surface area contributed by atoms with E-state index in [1.54, 1.807) is 0 Å². The van der Waals surface area contributed by atoms with Gasteiger partial charge in [-0.25, -0.2) is 9.37 Å². The van der Waals surface area contributed by atoms with E-state index >= 15 is 0 Å². The number of halogens is 2. The van der Waals surface area contributed by atoms with Gasteiger partial charge in [0.2, 0.25) is 5.95 Å². The second-order valence-electron chi connectivity index (χ2n) is 5.77. The van der Waals surface area contributed by atoms with Crippen molar-refractivity contribution >= 4 is 23.4 Å². The third-order valence-corrected chi connectivity index (χ3v) is 4.22. The number of aliphatic hydroxyl groups is 1. The van der Waals surface area contributed by atoms with Crippen LogP contribution < -0.4 is 15.8 Å². The van der Waals surface area contributed by atoms with Crippen molar-refractivity contribution in [3.8, 4) is 11.5 Å². The summed E-state index contributed by atoms with van der Waals surface area (Å²) in [6.45, 7) is 0. The quantitative estimate of drug-likeness (QED) is 0.781. The van der Waals surface area contributed by atoms with Gasteiger partial charge in [-0.05, 0) is 43.9 Å². The van der Waals surface area contributed by atoms with Gasteiger partial charge in [-0.3, -0.25) is 0 Å². The topological polar surface area (TPSA) is 93.3 Å². The Morgan fingerprint density at radius 1 is 1.25 bits per heavy atom. The Kier molecular flexibility index (Phi) is 5.01. The monoisotopic (exact) mass is 352 g/mol. The first-order valence-corrected chi connectivity index (χ1v) is 8.09. The fraction of sp³-hybridized carbons (Fsp3) is 0.375. The van der Waals surface area contributed by atoms with Crippen LogP contribution in [-0.2, 0) is 0 Å². The predicted octanol–water partition coefficient (Wildman–Crippen LogP) is 3.36. The van der Waals surface area contributed by atoms with E-state index in [0.717, 1.165) is 25.7 Å². The van der Waals surface area contributed by atoms with Gasteiger partial charge in [0.25, 0.3) is 0 Å². The van der Waals surface area contributed by atoms with Crippen molar-refractivity contribution in [3.63, 3.8) is 0 Å². The van der Waals surface area contributed by atoms with Crippen LogP contribution in [-0.4, -0.2) is 27.2 Å². The van der Waals surface area contributed by atoms with E-state index in [1.165, 1.54) is 24.4 Å². The first-order valence-electron chi connectivity index (χ1n) is 7.71. The minimum Gasteiger partial charge on any atom is -0.450 e. The number of aliphatic hydroxyl groups excluding tert-OH is 1. The van der Waals surface area contributed by atoms with Crippen molar-refractivity contribution in [1.29, 1.82) is 0 Å². The standard InChI is InChI=1S/C16H18ClFN4O2/c17-12-7-9(18)1-6-13(12)24-14-8-20-16(19)22-15(14)21-10-2-4-11(23)5-3-10/h1,6-8,10-11,23H,2-5H2,(H3,19,20,21,22). The maximum atomic E-state index is 13.1. The molecule has 128 valence electrons. The molecular formula is C16H18ClFN4O2. The third kappa shape index (κ3) is 4.04. The molecular weight excluding hydrogens is 335 g/mol. The average Bonchev–Trinajstić information content (AvgIpc) is 2.54. The molecule has 1 heterocycles. The van der Waals surface area contributed by atoms with Crippen LogP contribution in [0.4, 0.5) is 16.2 Å². The van der Waals surface area contributed by atoms with Crippen LogP contribution in [0.2, 0.25) is 5.02 Å². The number of nitrogens with two attached hydrogens (primary N) is 1. The molecule has 0 spiro atoms. The Morgan fingerprint density at radius 2 is 2.00 bits per heavy atom. The highest BCUT2D eigenvalue weighted by Gasteiger charge is 2.21. The number of rotatable bonds is 4. The van der Waals surface area contributed by atoms with E-state index in [0.29, 0.717) is 17.3 Å². The lowest BCUT2D eigenvalue weighted by atomic mass is 9.93. The van der Waals surface area contributed by atoms with E-state index in [2.05, 4.69) is 15.3 Å². The first-order chi connectivity index (χ1) is 11.5. The van der Waals surface area contributed by atoms with Crippen molar-refractivity contribution in [3.05, 3.63) is 35.2 Å². The molecule has 1 aromatic heterocycles. The number of anilines is 2. The van der Waals surface area contributed by atoms with Gasteiger partial charge < -0.3 is 20.9 Å². The van der Waals surface area contributed by atoms with Crippen molar-refractivity contribution in [1.82, 2.24) is 9.97 Å². The number of hydrogen-bond donors (Lipinski definition) is 3. The van der Waals surface area contributed by atoms with E-state index in [-0.39, 0.29) is 23.1 Å². The van der Waals surface area contributed by atoms with Crippen molar-refractivity contribution in [2.75, 3.05) is 11.1 Å². The number of nitrogen functional groups attached to an aromatic ring is 1. The molecule has 1 saturated carbocycles. The molecule has 3 rings (SSSR count). The highest BCUT2D eigenvalue weighted by atomic mass is 35.5. The van der Waals surface area contributed by atoms with Gasteiger partial charge in [-0.15, -0.1) is 0 Å². The minimum atomic E-state index is -0.444. The lowest BCUT2D eigenvalue weighted by molar-refractivity contribution is 0.126. The lowest BCUT2D eigenvalue weighted by Crippen LogP contribution is -2.28. The zero-order chi connectivity index (χ0) is 17.1. The molecule has 0 amide bonds. The highest BCUT2D eigenvalue weighted by molar-refractivity contribution is 6.32. The molecule has 1 aliphatic rings. The molecule has 24 heavy (non-hydrogen) atoms. The average molecular weight is 353 g/mol. The smallest absolute Gasteiger partial charge is 0.222 e. The summed E-state index contributed by atoms with van der Waals surface area (Å²) in [6, 6.07) is 4.03. The Bertz CT molecular complexity index is 723. The molecule has 0 atom stereocenters. The minimum absolute atomic E-state index is 0.117. The van der Waals surface area contributed by atoms with Crippen LogP contribution >= 0.6 is 11.6 Å². The van der Waals surface area contributed by atoms with Gasteiger partial charge in [0.15, 0.2) is 11.6 Å². The van der Waals surface area contributed by atoms with Gasteiger partial charge in [0.1, 0.15) is 11.6 Å². The molecule has 0 radical (unpaired) electrons. The van der Waals surface area contributed by atoms with Crippen LogP contribution in [0, 0.1) is 5.82 Å². The highest BCUT2D eigenvalue weighted by Crippen LogP contribution is 2.34. The fourth-order valence-electron chi connectivity index (χ4n) is 2.65. The maximum absolute atomic E-state index is 13.1. The lowest BCUT2D eigenvalue weighted by Gasteiger charge is -2.27. The van der Waals surface area contributed by atoms with Crippen LogP contribution in [0.25, 0.3) is 0 Å². The second-order valence-corrected chi connectivity index (χ2v) is 6.17. The fourth-order valence-corrected chi connectivity index (χ4v) is 2.86. The van der Waals surface area contributed by atoms with Gasteiger partial charge in [-0.1, -0.05) is 11.6 Å². The summed E-state index contributed by atoms with van der Waals surface area (Å²) in [4.78, 5) is 8.11. The number of nitrogens with one attached hydrogen (secondary N) is 1. The zero-order valence-electron chi connectivity index (χ0n) is 12.9. The molecule has 1 fully saturated rings. The molecule has 0 unspecified atom stereocenters. The zero-order valence-corrected chi connectivity index (χ0v) is 13.6. The van der Waals surface area contributed by atoms with Crippen LogP contribution in [0.5, 0.6) is 11.5 Å². The molecule has 8 heteroatoms. The molecule has 6 nitrogen and oxygen atoms in total. The van der Waals surface area contributed by atoms with E-state index < -0.39 is 5.82 Å². The molecule has 4 N–H and O–H groups in total. The van der Waals surface area contributed by atoms with E-state index in [1.807, 2.05) is 0 Å². The molecule has 1 aliphatic carbocycles. The number of aromatic nitrogens is 2. The van der Waals surface area contributed by atoms with Gasteiger partial charge in [0, 0.05) is 6.04 Å². The maximum Gasteiger partial charge on any atom is 0.222 e. The van der Waals surface area contributed by atoms with Crippen molar-refractivity contribution in [2.24, 2.45) is 0 Å². The SMILES string of the molecule is Nc1ncc(Oc2ccc(F)cc2Cl)c(NC2CCC(O)CC2)n1. The molecule has 1 aromatic carbocycles. The van der Waals surface area contributed by atoms with Crippen molar-refractivity contribution in [2.45, 2.75) is 37.8 Å². The van der Waals surface area contributed by atoms with Crippen LogP contribution in [0.1, 0.15) is 25.7 Å². The summed E-state index contributed by atoms with van der Waals surface area (Å²) in [5, 5.41) is 13.0. The van der Waals surface area contributed by atoms with Crippen LogP contribution in [0.3, 0.4) is 0 Å². The Balaban J connectivity index is 1.80. The van der Waals surface area contributed by atoms with Gasteiger partial charge in [-0.2, -0.15) is 4.98 Å². The number of nitrogens with zero attached hydrogens (tertiary/aromatic N) is 2.